The molecule has 14 heteroatoms. The molecule has 0 bridgehead atoms. The summed E-state index contributed by atoms with van der Waals surface area (Å²) in [6.07, 6.45) is 5.28. The predicted octanol–water partition coefficient (Wildman–Crippen LogP) is 5.58. The van der Waals surface area contributed by atoms with Crippen molar-refractivity contribution in [1.82, 2.24) is 35.2 Å². The van der Waals surface area contributed by atoms with E-state index in [-0.39, 0.29) is 35.3 Å². The highest BCUT2D eigenvalue weighted by Gasteiger charge is 2.49. The lowest BCUT2D eigenvalue weighted by molar-refractivity contribution is -0.124. The van der Waals surface area contributed by atoms with Crippen LogP contribution in [0, 0.1) is 0 Å². The van der Waals surface area contributed by atoms with Crippen molar-refractivity contribution in [3.05, 3.63) is 76.0 Å². The molecule has 272 valence electrons. The van der Waals surface area contributed by atoms with E-state index in [1.54, 1.807) is 4.90 Å². The number of fused-ring (bicyclic) bond motifs is 3. The molecule has 1 amide bonds. The molecule has 1 saturated carbocycles. The highest BCUT2D eigenvalue weighted by molar-refractivity contribution is 6.35. The Bertz CT molecular complexity index is 2040. The number of hydrogen-bond acceptors (Lipinski definition) is 10. The average molecular weight is 731 g/mol. The molecular formula is C38H41ClF2N8O3. The number of carbonyl (C=O) groups excluding carboxylic acids is 1. The van der Waals surface area contributed by atoms with Gasteiger partial charge in [0.1, 0.15) is 24.8 Å². The zero-order valence-electron chi connectivity index (χ0n) is 29.0. The van der Waals surface area contributed by atoms with E-state index in [9.17, 15) is 13.6 Å². The fourth-order valence-corrected chi connectivity index (χ4v) is 9.04. The molecule has 4 fully saturated rings. The van der Waals surface area contributed by atoms with Crippen LogP contribution in [-0.2, 0) is 17.8 Å². The van der Waals surface area contributed by atoms with E-state index < -0.39 is 12.3 Å². The maximum absolute atomic E-state index is 14.6. The molecule has 6 atom stereocenters. The van der Waals surface area contributed by atoms with Gasteiger partial charge in [0.15, 0.2) is 5.82 Å². The second kappa shape index (κ2) is 13.3. The Kier molecular flexibility index (Phi) is 8.62. The average Bonchev–Trinajstić information content (AvgIpc) is 3.62. The van der Waals surface area contributed by atoms with Crippen LogP contribution in [0.25, 0.3) is 16.8 Å². The van der Waals surface area contributed by atoms with Gasteiger partial charge in [-0.25, -0.2) is 8.78 Å². The lowest BCUT2D eigenvalue weighted by Gasteiger charge is -2.34. The summed E-state index contributed by atoms with van der Waals surface area (Å²) in [7, 11) is 2.01. The van der Waals surface area contributed by atoms with Crippen LogP contribution in [0.4, 0.5) is 14.6 Å². The fourth-order valence-electron chi connectivity index (χ4n) is 8.75. The third-order valence-corrected chi connectivity index (χ3v) is 12.0. The van der Waals surface area contributed by atoms with E-state index in [1.807, 2.05) is 19.2 Å². The van der Waals surface area contributed by atoms with Crippen molar-refractivity contribution in [3.63, 3.8) is 0 Å². The van der Waals surface area contributed by atoms with Gasteiger partial charge in [-0.05, 0) is 49.2 Å². The van der Waals surface area contributed by atoms with E-state index in [1.165, 1.54) is 12.2 Å². The number of anilines is 1. The topological polar surface area (TPSA) is 113 Å². The standard InChI is InChI=1S/C38H41ClF2N8O3/c1-47(24-11-14-48(20-24)33(50)10-9-32-44-35(46-52-32)26-15-29(26)41)36-27-18-42-30(25-7-2-5-22-6-3-8-28(39)34(22)25)16-31(27)43-37(45-36)51-21-38-12-4-13-49(38)19-23(40)17-38/h2-3,5-10,23-24,26,29-30,42H,4,11-21H2,1H3/b10-9+/t23-,24-,26+,29+,30?,38+/m1/s1. The van der Waals surface area contributed by atoms with Crippen molar-refractivity contribution in [3.8, 4) is 6.01 Å². The number of carbonyl (C=O) groups is 1. The molecule has 11 nitrogen and oxygen atoms in total. The SMILES string of the molecule is CN(c1nc(OC[C@@]23CCCN2C[C@H](F)C3)nc2c1CNC(c1cccc3cccc(Cl)c13)C2)[C@@H]1CCN(C(=O)/C=C/c2nc([C@H]3C[C@@H]3F)no2)C1. The first-order valence-corrected chi connectivity index (χ1v) is 18.6. The Morgan fingerprint density at radius 2 is 2.02 bits per heavy atom. The minimum absolute atomic E-state index is 0.00352. The maximum Gasteiger partial charge on any atom is 0.318 e. The van der Waals surface area contributed by atoms with Gasteiger partial charge in [-0.1, -0.05) is 47.1 Å². The van der Waals surface area contributed by atoms with Crippen LogP contribution in [-0.4, -0.2) is 99.6 Å². The normalized spacial score (nSPS) is 28.5. The van der Waals surface area contributed by atoms with Gasteiger partial charge in [0, 0.05) is 86.3 Å². The predicted molar refractivity (Wildman–Crippen MR) is 192 cm³/mol. The second-order valence-corrected chi connectivity index (χ2v) is 15.4. The maximum atomic E-state index is 14.6. The molecule has 1 unspecified atom stereocenters. The van der Waals surface area contributed by atoms with Crippen LogP contribution in [0.3, 0.4) is 0 Å². The zero-order chi connectivity index (χ0) is 35.6. The summed E-state index contributed by atoms with van der Waals surface area (Å²) < 4.78 is 39.6. The molecule has 0 spiro atoms. The lowest BCUT2D eigenvalue weighted by atomic mass is 9.91. The van der Waals surface area contributed by atoms with Gasteiger partial charge >= 0.3 is 6.01 Å². The van der Waals surface area contributed by atoms with Gasteiger partial charge in [-0.3, -0.25) is 9.69 Å². The van der Waals surface area contributed by atoms with Gasteiger partial charge in [-0.15, -0.1) is 0 Å². The van der Waals surface area contributed by atoms with Gasteiger partial charge < -0.3 is 24.4 Å². The number of rotatable bonds is 9. The molecule has 2 aromatic heterocycles. The minimum atomic E-state index is -0.924. The van der Waals surface area contributed by atoms with Crippen molar-refractivity contribution in [1.29, 1.82) is 0 Å². The first-order valence-electron chi connectivity index (χ1n) is 18.2. The Morgan fingerprint density at radius 1 is 1.17 bits per heavy atom. The van der Waals surface area contributed by atoms with Crippen LogP contribution in [0.1, 0.15) is 72.6 Å². The number of halogens is 3. The Balaban J connectivity index is 0.965. The molecular weight excluding hydrogens is 690 g/mol. The van der Waals surface area contributed by atoms with Gasteiger partial charge in [0.2, 0.25) is 5.91 Å². The summed E-state index contributed by atoms with van der Waals surface area (Å²) in [6, 6.07) is 12.5. The third-order valence-electron chi connectivity index (χ3n) is 11.7. The molecule has 5 aliphatic rings. The number of ether oxygens (including phenoxy) is 1. The highest BCUT2D eigenvalue weighted by atomic mass is 35.5. The number of nitrogens with one attached hydrogen (secondary N) is 1. The molecule has 3 saturated heterocycles. The molecule has 9 rings (SSSR count). The van der Waals surface area contributed by atoms with Crippen LogP contribution in [0.15, 0.2) is 47.0 Å². The van der Waals surface area contributed by atoms with Crippen molar-refractivity contribution in [2.45, 2.75) is 81.0 Å². The quantitative estimate of drug-likeness (QED) is 0.219. The summed E-state index contributed by atoms with van der Waals surface area (Å²) in [5, 5.41) is 10.4. The van der Waals surface area contributed by atoms with Crippen LogP contribution < -0.4 is 15.0 Å². The molecule has 6 heterocycles. The van der Waals surface area contributed by atoms with Crippen molar-refractivity contribution in [2.75, 3.05) is 44.7 Å². The highest BCUT2D eigenvalue weighted by Crippen LogP contribution is 2.43. The number of benzene rings is 2. The van der Waals surface area contributed by atoms with Crippen molar-refractivity contribution < 1.29 is 22.8 Å². The third kappa shape index (κ3) is 6.20. The summed E-state index contributed by atoms with van der Waals surface area (Å²) in [4.78, 5) is 33.6. The van der Waals surface area contributed by atoms with Crippen LogP contribution in [0.2, 0.25) is 5.02 Å². The summed E-state index contributed by atoms with van der Waals surface area (Å²) in [6.45, 7) is 3.27. The first kappa shape index (κ1) is 33.6. The molecule has 1 N–H and O–H groups in total. The number of nitrogens with zero attached hydrogens (tertiary/aromatic N) is 7. The second-order valence-electron chi connectivity index (χ2n) is 15.0. The van der Waals surface area contributed by atoms with Crippen LogP contribution >= 0.6 is 11.6 Å². The Labute approximate surface area is 305 Å². The smallest absolute Gasteiger partial charge is 0.318 e. The Morgan fingerprint density at radius 3 is 2.87 bits per heavy atom. The minimum Gasteiger partial charge on any atom is -0.461 e. The molecule has 0 radical (unpaired) electrons. The number of aromatic nitrogens is 4. The number of likely N-dealkylation sites (tertiary alicyclic amines) is 1. The Hall–Kier alpha value is -4.20. The van der Waals surface area contributed by atoms with Gasteiger partial charge in [-0.2, -0.15) is 15.0 Å². The molecule has 4 aliphatic heterocycles. The number of alkyl halides is 2. The number of hydrogen-bond donors (Lipinski definition) is 1. The number of likely N-dealkylation sites (N-methyl/N-ethyl adjacent to an activating group) is 1. The summed E-state index contributed by atoms with van der Waals surface area (Å²) in [5.41, 5.74) is 2.67. The molecule has 52 heavy (non-hydrogen) atoms. The summed E-state index contributed by atoms with van der Waals surface area (Å²) in [5.74, 6) is 0.815. The largest absolute Gasteiger partial charge is 0.461 e. The first-order chi connectivity index (χ1) is 25.2. The fraction of sp³-hybridized carbons (Fsp3) is 0.500. The number of amides is 1. The molecule has 2 aromatic carbocycles. The van der Waals surface area contributed by atoms with E-state index in [0.717, 1.165) is 59.2 Å². The van der Waals surface area contributed by atoms with Gasteiger partial charge in [0.25, 0.3) is 5.89 Å². The summed E-state index contributed by atoms with van der Waals surface area (Å²) >= 11 is 6.74. The van der Waals surface area contributed by atoms with Gasteiger partial charge in [0.05, 0.1) is 17.2 Å². The van der Waals surface area contributed by atoms with Crippen molar-refractivity contribution >= 4 is 40.2 Å². The van der Waals surface area contributed by atoms with E-state index in [0.29, 0.717) is 68.9 Å². The van der Waals surface area contributed by atoms with E-state index >= 15 is 0 Å². The molecule has 1 aliphatic carbocycles. The van der Waals surface area contributed by atoms with E-state index in [4.69, 9.17) is 30.8 Å². The van der Waals surface area contributed by atoms with E-state index in [2.05, 4.69) is 49.5 Å². The van der Waals surface area contributed by atoms with Crippen LogP contribution in [0.5, 0.6) is 6.01 Å². The lowest BCUT2D eigenvalue weighted by Crippen LogP contribution is -2.43. The monoisotopic (exact) mass is 730 g/mol. The zero-order valence-corrected chi connectivity index (χ0v) is 29.7. The molecule has 4 aromatic rings. The van der Waals surface area contributed by atoms with Crippen molar-refractivity contribution in [2.24, 2.45) is 0 Å².